The molecule has 0 aromatic heterocycles. The molecular formula is C19H28N2O6. The van der Waals surface area contributed by atoms with Gasteiger partial charge in [0.1, 0.15) is 18.2 Å². The quantitative estimate of drug-likeness (QED) is 0.567. The Labute approximate surface area is 159 Å². The van der Waals surface area contributed by atoms with Crippen molar-refractivity contribution in [2.75, 3.05) is 6.54 Å². The summed E-state index contributed by atoms with van der Waals surface area (Å²) in [7, 11) is 0. The van der Waals surface area contributed by atoms with Crippen molar-refractivity contribution in [2.45, 2.75) is 58.3 Å². The predicted octanol–water partition coefficient (Wildman–Crippen LogP) is 3.06. The van der Waals surface area contributed by atoms with Gasteiger partial charge in [0.2, 0.25) is 0 Å². The van der Waals surface area contributed by atoms with Crippen molar-refractivity contribution in [3.63, 3.8) is 0 Å². The monoisotopic (exact) mass is 380 g/mol. The molecule has 0 spiro atoms. The normalized spacial score (nSPS) is 12.0. The maximum atomic E-state index is 11.7. The minimum Gasteiger partial charge on any atom is -0.480 e. The zero-order chi connectivity index (χ0) is 20.3. The maximum absolute atomic E-state index is 11.7. The minimum absolute atomic E-state index is 0.188. The molecule has 1 unspecified atom stereocenters. The molecule has 2 amide bonds. The second-order valence-electron chi connectivity index (χ2n) is 7.02. The van der Waals surface area contributed by atoms with E-state index in [0.29, 0.717) is 19.4 Å². The summed E-state index contributed by atoms with van der Waals surface area (Å²) >= 11 is 0. The summed E-state index contributed by atoms with van der Waals surface area (Å²) in [5.74, 6) is -1.13. The first kappa shape index (κ1) is 22.3. The highest BCUT2D eigenvalue weighted by atomic mass is 16.6. The van der Waals surface area contributed by atoms with Crippen LogP contribution in [0.5, 0.6) is 0 Å². The topological polar surface area (TPSA) is 114 Å². The summed E-state index contributed by atoms with van der Waals surface area (Å²) in [4.78, 5) is 34.5. The van der Waals surface area contributed by atoms with E-state index in [2.05, 4.69) is 10.6 Å². The van der Waals surface area contributed by atoms with Gasteiger partial charge in [0, 0.05) is 6.54 Å². The summed E-state index contributed by atoms with van der Waals surface area (Å²) in [5, 5.41) is 14.1. The zero-order valence-electron chi connectivity index (χ0n) is 16.0. The fourth-order valence-corrected chi connectivity index (χ4v) is 2.15. The molecular weight excluding hydrogens is 352 g/mol. The molecule has 0 radical (unpaired) electrons. The van der Waals surface area contributed by atoms with Gasteiger partial charge >= 0.3 is 18.2 Å². The van der Waals surface area contributed by atoms with Crippen LogP contribution >= 0.6 is 0 Å². The summed E-state index contributed by atoms with van der Waals surface area (Å²) in [6, 6.07) is 8.28. The molecule has 0 fully saturated rings. The van der Waals surface area contributed by atoms with Crippen molar-refractivity contribution in [1.82, 2.24) is 10.6 Å². The first-order chi connectivity index (χ1) is 12.7. The lowest BCUT2D eigenvalue weighted by Crippen LogP contribution is -2.43. The standard InChI is InChI=1S/C19H28N2O6/c1-19(2,3)27-18(25)21-15(16(22)23)11-7-8-12-20-17(24)26-13-14-9-5-4-6-10-14/h4-6,9-10,15H,7-8,11-13H2,1-3H3,(H,20,24)(H,21,25)(H,22,23). The number of hydrogen-bond acceptors (Lipinski definition) is 5. The van der Waals surface area contributed by atoms with E-state index < -0.39 is 29.8 Å². The maximum Gasteiger partial charge on any atom is 0.408 e. The lowest BCUT2D eigenvalue weighted by atomic mass is 10.1. The third-order valence-corrected chi connectivity index (χ3v) is 3.39. The molecule has 0 aliphatic rings. The lowest BCUT2D eigenvalue weighted by molar-refractivity contribution is -0.139. The van der Waals surface area contributed by atoms with Gasteiger partial charge in [0.15, 0.2) is 0 Å². The fourth-order valence-electron chi connectivity index (χ4n) is 2.15. The molecule has 1 aromatic rings. The number of rotatable bonds is 9. The third-order valence-electron chi connectivity index (χ3n) is 3.39. The minimum atomic E-state index is -1.13. The Morgan fingerprint density at radius 1 is 1.07 bits per heavy atom. The molecule has 1 atom stereocenters. The van der Waals surface area contributed by atoms with Gasteiger partial charge in [-0.15, -0.1) is 0 Å². The van der Waals surface area contributed by atoms with Crippen LogP contribution < -0.4 is 10.6 Å². The van der Waals surface area contributed by atoms with Crippen molar-refractivity contribution in [1.29, 1.82) is 0 Å². The van der Waals surface area contributed by atoms with Crippen LogP contribution in [0.4, 0.5) is 9.59 Å². The van der Waals surface area contributed by atoms with E-state index in [9.17, 15) is 19.5 Å². The number of benzene rings is 1. The molecule has 27 heavy (non-hydrogen) atoms. The van der Waals surface area contributed by atoms with Crippen molar-refractivity contribution >= 4 is 18.2 Å². The molecule has 0 saturated carbocycles. The number of alkyl carbamates (subject to hydrolysis) is 2. The van der Waals surface area contributed by atoms with Crippen molar-refractivity contribution in [3.8, 4) is 0 Å². The van der Waals surface area contributed by atoms with E-state index in [0.717, 1.165) is 5.56 Å². The van der Waals surface area contributed by atoms with E-state index in [4.69, 9.17) is 9.47 Å². The van der Waals surface area contributed by atoms with Crippen molar-refractivity contribution in [3.05, 3.63) is 35.9 Å². The van der Waals surface area contributed by atoms with Gasteiger partial charge in [-0.3, -0.25) is 0 Å². The van der Waals surface area contributed by atoms with Crippen molar-refractivity contribution in [2.24, 2.45) is 0 Å². The van der Waals surface area contributed by atoms with E-state index in [-0.39, 0.29) is 13.0 Å². The number of ether oxygens (including phenoxy) is 2. The molecule has 8 heteroatoms. The van der Waals surface area contributed by atoms with Gasteiger partial charge in [0.25, 0.3) is 0 Å². The molecule has 1 aromatic carbocycles. The molecule has 1 rings (SSSR count). The number of carbonyl (C=O) groups is 3. The van der Waals surface area contributed by atoms with E-state index in [1.807, 2.05) is 30.3 Å². The number of amides is 2. The van der Waals surface area contributed by atoms with Gasteiger partial charge < -0.3 is 25.2 Å². The first-order valence-electron chi connectivity index (χ1n) is 8.84. The molecule has 3 N–H and O–H groups in total. The SMILES string of the molecule is CC(C)(C)OC(=O)NC(CCCCNC(=O)OCc1ccccc1)C(=O)O. The summed E-state index contributed by atoms with van der Waals surface area (Å²) in [6.45, 7) is 5.64. The Morgan fingerprint density at radius 3 is 2.33 bits per heavy atom. The highest BCUT2D eigenvalue weighted by molar-refractivity contribution is 5.79. The highest BCUT2D eigenvalue weighted by Crippen LogP contribution is 2.08. The molecule has 0 heterocycles. The Hall–Kier alpha value is -2.77. The van der Waals surface area contributed by atoms with Crippen LogP contribution in [0.2, 0.25) is 0 Å². The Bertz CT molecular complexity index is 612. The molecule has 0 saturated heterocycles. The number of aliphatic carboxylic acids is 1. The highest BCUT2D eigenvalue weighted by Gasteiger charge is 2.23. The van der Waals surface area contributed by atoms with E-state index >= 15 is 0 Å². The van der Waals surface area contributed by atoms with Gasteiger partial charge in [0.05, 0.1) is 0 Å². The van der Waals surface area contributed by atoms with Gasteiger partial charge in [-0.1, -0.05) is 30.3 Å². The number of unbranched alkanes of at least 4 members (excludes halogenated alkanes) is 1. The molecule has 0 aliphatic heterocycles. The Kier molecular flexibility index (Phi) is 9.12. The number of carboxylic acids is 1. The summed E-state index contributed by atoms with van der Waals surface area (Å²) in [6.07, 6.45) is -0.000568. The molecule has 8 nitrogen and oxygen atoms in total. The second-order valence-corrected chi connectivity index (χ2v) is 7.02. The fraction of sp³-hybridized carbons (Fsp3) is 0.526. The number of nitrogens with one attached hydrogen (secondary N) is 2. The Balaban J connectivity index is 2.21. The second kappa shape index (κ2) is 11.1. The third kappa shape index (κ3) is 10.7. The van der Waals surface area contributed by atoms with Crippen LogP contribution in [0.25, 0.3) is 0 Å². The number of carboxylic acid groups (broad SMARTS) is 1. The van der Waals surface area contributed by atoms with E-state index in [1.165, 1.54) is 0 Å². The first-order valence-corrected chi connectivity index (χ1v) is 8.84. The number of carbonyl (C=O) groups excluding carboxylic acids is 2. The summed E-state index contributed by atoms with van der Waals surface area (Å²) < 4.78 is 10.1. The molecule has 0 aliphatic carbocycles. The number of hydrogen-bond donors (Lipinski definition) is 3. The van der Waals surface area contributed by atoms with Gasteiger partial charge in [-0.25, -0.2) is 14.4 Å². The van der Waals surface area contributed by atoms with Crippen LogP contribution in [-0.2, 0) is 20.9 Å². The Morgan fingerprint density at radius 2 is 1.74 bits per heavy atom. The average Bonchev–Trinajstić information content (AvgIpc) is 2.57. The van der Waals surface area contributed by atoms with Crippen LogP contribution in [0, 0.1) is 0 Å². The van der Waals surface area contributed by atoms with E-state index in [1.54, 1.807) is 20.8 Å². The molecule has 0 bridgehead atoms. The van der Waals surface area contributed by atoms with Crippen LogP contribution in [-0.4, -0.2) is 41.4 Å². The largest absolute Gasteiger partial charge is 0.480 e. The predicted molar refractivity (Wildman–Crippen MR) is 99.3 cm³/mol. The van der Waals surface area contributed by atoms with Crippen LogP contribution in [0.3, 0.4) is 0 Å². The smallest absolute Gasteiger partial charge is 0.408 e. The molecule has 150 valence electrons. The average molecular weight is 380 g/mol. The lowest BCUT2D eigenvalue weighted by Gasteiger charge is -2.22. The van der Waals surface area contributed by atoms with Crippen LogP contribution in [0.1, 0.15) is 45.6 Å². The van der Waals surface area contributed by atoms with Gasteiger partial charge in [-0.2, -0.15) is 0 Å². The van der Waals surface area contributed by atoms with Crippen LogP contribution in [0.15, 0.2) is 30.3 Å². The van der Waals surface area contributed by atoms with Crippen molar-refractivity contribution < 1.29 is 29.0 Å². The summed E-state index contributed by atoms with van der Waals surface area (Å²) in [5.41, 5.74) is 0.196. The van der Waals surface area contributed by atoms with Gasteiger partial charge in [-0.05, 0) is 45.6 Å². The zero-order valence-corrected chi connectivity index (χ0v) is 16.0.